The molecule has 4 N–H and O–H groups in total. The molecule has 0 bridgehead atoms. The van der Waals surface area contributed by atoms with Crippen LogP contribution in [0.5, 0.6) is 0 Å². The third-order valence-electron chi connectivity index (χ3n) is 4.70. The van der Waals surface area contributed by atoms with Crippen LogP contribution in [0.2, 0.25) is 0 Å². The number of nitrogens with one attached hydrogen (secondary N) is 4. The molecule has 0 radical (unpaired) electrons. The van der Waals surface area contributed by atoms with Gasteiger partial charge in [-0.05, 0) is 72.5 Å². The van der Waals surface area contributed by atoms with Crippen LogP contribution in [0.25, 0.3) is 0 Å². The lowest BCUT2D eigenvalue weighted by atomic mass is 10.3. The zero-order valence-electron chi connectivity index (χ0n) is 18.0. The molecule has 2 aromatic rings. The second kappa shape index (κ2) is 12.4. The van der Waals surface area contributed by atoms with Gasteiger partial charge in [0.25, 0.3) is 5.17 Å². The predicted octanol–water partition coefficient (Wildman–Crippen LogP) is 4.32. The van der Waals surface area contributed by atoms with Crippen LogP contribution in [-0.2, 0) is 4.74 Å². The Kier molecular flexibility index (Phi) is 9.29. The third-order valence-corrected chi connectivity index (χ3v) is 5.54. The van der Waals surface area contributed by atoms with Gasteiger partial charge in [0, 0.05) is 43.8 Å². The van der Waals surface area contributed by atoms with Crippen molar-refractivity contribution in [2.45, 2.75) is 26.2 Å². The molecule has 9 nitrogen and oxygen atoms in total. The highest BCUT2D eigenvalue weighted by atomic mass is 79.9. The van der Waals surface area contributed by atoms with E-state index in [-0.39, 0.29) is 6.03 Å². The second-order valence-electron chi connectivity index (χ2n) is 7.15. The van der Waals surface area contributed by atoms with Crippen molar-refractivity contribution < 1.29 is 9.53 Å². The van der Waals surface area contributed by atoms with Gasteiger partial charge < -0.3 is 30.9 Å². The smallest absolute Gasteiger partial charge is 0.321 e. The molecule has 3 rings (SSSR count). The fourth-order valence-corrected chi connectivity index (χ4v) is 3.70. The van der Waals surface area contributed by atoms with Crippen molar-refractivity contribution in [3.63, 3.8) is 0 Å². The molecule has 32 heavy (non-hydrogen) atoms. The van der Waals surface area contributed by atoms with Crippen LogP contribution in [-0.4, -0.2) is 58.9 Å². The molecule has 1 fully saturated rings. The van der Waals surface area contributed by atoms with Crippen molar-refractivity contribution in [3.8, 4) is 0 Å². The number of hydrogen-bond donors (Lipinski definition) is 4. The number of anilines is 4. The van der Waals surface area contributed by atoms with Crippen LogP contribution in [0.3, 0.4) is 0 Å². The van der Waals surface area contributed by atoms with Gasteiger partial charge in [0.2, 0.25) is 5.95 Å². The molecule has 1 saturated heterocycles. The van der Waals surface area contributed by atoms with Crippen LogP contribution in [0.1, 0.15) is 26.2 Å². The molecule has 0 saturated carbocycles. The van der Waals surface area contributed by atoms with Gasteiger partial charge in [0.1, 0.15) is 5.82 Å². The number of halogens is 1. The van der Waals surface area contributed by atoms with Gasteiger partial charge in [-0.3, -0.25) is 0 Å². The molecule has 2 heterocycles. The number of ether oxygens (including phenoxy) is 1. The Morgan fingerprint density at radius 2 is 2.03 bits per heavy atom. The Bertz CT molecular complexity index is 925. The molecule has 1 aliphatic heterocycles. The van der Waals surface area contributed by atoms with E-state index in [0.717, 1.165) is 48.2 Å². The Labute approximate surface area is 201 Å². The monoisotopic (exact) mass is 521 g/mol. The first-order valence-electron chi connectivity index (χ1n) is 10.6. The van der Waals surface area contributed by atoms with E-state index in [1.807, 2.05) is 36.1 Å². The summed E-state index contributed by atoms with van der Waals surface area (Å²) in [5, 5.41) is 12.9. The lowest BCUT2D eigenvalue weighted by molar-refractivity contribution is 0.222. The largest absolute Gasteiger partial charge is 0.471 e. The lowest BCUT2D eigenvalue weighted by Gasteiger charge is -2.16. The zero-order chi connectivity index (χ0) is 22.8. The SMILES string of the molecule is CCOC(=S)NCCCNc1nc(Nc2cccc(NC(=O)N3CCCC3)c2)ncc1Br. The zero-order valence-corrected chi connectivity index (χ0v) is 20.4. The predicted molar refractivity (Wildman–Crippen MR) is 135 cm³/mol. The number of amides is 2. The van der Waals surface area contributed by atoms with Gasteiger partial charge in [-0.1, -0.05) is 6.07 Å². The number of nitrogens with zero attached hydrogens (tertiary/aromatic N) is 3. The van der Waals surface area contributed by atoms with E-state index >= 15 is 0 Å². The standard InChI is InChI=1S/C21H28BrN7O2S/c1-2-31-21(32)24-10-6-9-23-18-17(22)14-25-19(28-18)26-15-7-5-8-16(13-15)27-20(30)29-11-3-4-12-29/h5,7-8,13-14H,2-4,6,9-12H2,1H3,(H,24,32)(H,27,30)(H2,23,25,26,28). The van der Waals surface area contributed by atoms with E-state index < -0.39 is 0 Å². The van der Waals surface area contributed by atoms with E-state index in [0.29, 0.717) is 36.6 Å². The molecular formula is C21H28BrN7O2S. The van der Waals surface area contributed by atoms with Gasteiger partial charge >= 0.3 is 6.03 Å². The fraction of sp³-hybridized carbons (Fsp3) is 0.429. The van der Waals surface area contributed by atoms with Crippen molar-refractivity contribution in [2.24, 2.45) is 0 Å². The lowest BCUT2D eigenvalue weighted by Crippen LogP contribution is -2.32. The minimum absolute atomic E-state index is 0.0671. The molecule has 172 valence electrons. The highest BCUT2D eigenvalue weighted by Crippen LogP contribution is 2.23. The number of likely N-dealkylation sites (tertiary alicyclic amines) is 1. The normalized spacial score (nSPS) is 12.9. The summed E-state index contributed by atoms with van der Waals surface area (Å²) in [5.41, 5.74) is 1.51. The molecule has 11 heteroatoms. The van der Waals surface area contributed by atoms with E-state index in [1.165, 1.54) is 0 Å². The maximum Gasteiger partial charge on any atom is 0.321 e. The van der Waals surface area contributed by atoms with Crippen molar-refractivity contribution in [1.82, 2.24) is 20.2 Å². The summed E-state index contributed by atoms with van der Waals surface area (Å²) in [6.07, 6.45) is 4.65. The van der Waals surface area contributed by atoms with E-state index in [4.69, 9.17) is 17.0 Å². The van der Waals surface area contributed by atoms with Crippen LogP contribution < -0.4 is 21.3 Å². The summed E-state index contributed by atoms with van der Waals surface area (Å²) in [5.74, 6) is 1.14. The summed E-state index contributed by atoms with van der Waals surface area (Å²) in [4.78, 5) is 23.0. The van der Waals surface area contributed by atoms with Crippen LogP contribution >= 0.6 is 28.1 Å². The van der Waals surface area contributed by atoms with Crippen LogP contribution in [0.4, 0.5) is 27.9 Å². The topological polar surface area (TPSA) is 103 Å². The van der Waals surface area contributed by atoms with Crippen molar-refractivity contribution >= 4 is 62.5 Å². The Balaban J connectivity index is 1.52. The number of thiocarbonyl (C=S) groups is 1. The fourth-order valence-electron chi connectivity index (χ4n) is 3.15. The Hall–Kier alpha value is -2.66. The maximum absolute atomic E-state index is 12.3. The summed E-state index contributed by atoms with van der Waals surface area (Å²) < 4.78 is 5.96. The summed E-state index contributed by atoms with van der Waals surface area (Å²) in [6, 6.07) is 7.43. The molecule has 0 unspecified atom stereocenters. The molecule has 0 aliphatic carbocycles. The van der Waals surface area contributed by atoms with Crippen molar-refractivity contribution in [1.29, 1.82) is 0 Å². The molecule has 0 spiro atoms. The van der Waals surface area contributed by atoms with E-state index in [9.17, 15) is 4.79 Å². The quantitative estimate of drug-likeness (QED) is 0.285. The highest BCUT2D eigenvalue weighted by Gasteiger charge is 2.17. The molecule has 2 amide bonds. The van der Waals surface area contributed by atoms with E-state index in [1.54, 1.807) is 6.20 Å². The number of hydrogen-bond acceptors (Lipinski definition) is 7. The highest BCUT2D eigenvalue weighted by molar-refractivity contribution is 9.10. The maximum atomic E-state index is 12.3. The van der Waals surface area contributed by atoms with Gasteiger partial charge in [-0.25, -0.2) is 9.78 Å². The number of carbonyl (C=O) groups excluding carboxylic acids is 1. The molecule has 1 aromatic carbocycles. The minimum Gasteiger partial charge on any atom is -0.471 e. The number of rotatable bonds is 9. The van der Waals surface area contributed by atoms with Crippen molar-refractivity contribution in [3.05, 3.63) is 34.9 Å². The van der Waals surface area contributed by atoms with Crippen LogP contribution in [0, 0.1) is 0 Å². The van der Waals surface area contributed by atoms with Crippen LogP contribution in [0.15, 0.2) is 34.9 Å². The molecule has 1 aliphatic rings. The van der Waals surface area contributed by atoms with Gasteiger partial charge in [0.05, 0.1) is 11.1 Å². The summed E-state index contributed by atoms with van der Waals surface area (Å²) in [7, 11) is 0. The first kappa shape index (κ1) is 24.0. The number of urea groups is 1. The first-order valence-corrected chi connectivity index (χ1v) is 11.9. The van der Waals surface area contributed by atoms with Gasteiger partial charge in [-0.2, -0.15) is 4.98 Å². The number of carbonyl (C=O) groups is 1. The minimum atomic E-state index is -0.0671. The second-order valence-corrected chi connectivity index (χ2v) is 8.37. The molecule has 1 aromatic heterocycles. The Morgan fingerprint density at radius 1 is 1.25 bits per heavy atom. The molecular weight excluding hydrogens is 494 g/mol. The number of aromatic nitrogens is 2. The third kappa shape index (κ3) is 7.49. The average Bonchev–Trinajstić information content (AvgIpc) is 3.31. The summed E-state index contributed by atoms with van der Waals surface area (Å²) >= 11 is 8.52. The van der Waals surface area contributed by atoms with Gasteiger partial charge in [-0.15, -0.1) is 0 Å². The average molecular weight is 522 g/mol. The van der Waals surface area contributed by atoms with Crippen molar-refractivity contribution in [2.75, 3.05) is 48.7 Å². The van der Waals surface area contributed by atoms with E-state index in [2.05, 4.69) is 47.2 Å². The molecule has 0 atom stereocenters. The Morgan fingerprint density at radius 3 is 2.81 bits per heavy atom. The first-order chi connectivity index (χ1) is 15.5. The summed E-state index contributed by atoms with van der Waals surface area (Å²) in [6.45, 7) is 5.48. The number of benzene rings is 1. The van der Waals surface area contributed by atoms with Gasteiger partial charge in [0.15, 0.2) is 0 Å².